The Bertz CT molecular complexity index is 488. The van der Waals surface area contributed by atoms with Crippen molar-refractivity contribution < 1.29 is 14.3 Å². The lowest BCUT2D eigenvalue weighted by molar-refractivity contribution is 0.0484. The molecule has 19 heavy (non-hydrogen) atoms. The maximum atomic E-state index is 12.3. The molecule has 0 N–H and O–H groups in total. The summed E-state index contributed by atoms with van der Waals surface area (Å²) in [6, 6.07) is 7.52. The number of hydrogen-bond donors (Lipinski definition) is 0. The topological polar surface area (TPSA) is 38.8 Å². The second kappa shape index (κ2) is 4.44. The van der Waals surface area contributed by atoms with Gasteiger partial charge in [0.15, 0.2) is 0 Å². The summed E-state index contributed by atoms with van der Waals surface area (Å²) < 4.78 is 11.3. The van der Waals surface area contributed by atoms with E-state index in [1.807, 2.05) is 58.9 Å². The molecule has 0 unspecified atom stereocenters. The van der Waals surface area contributed by atoms with Gasteiger partial charge in [0.25, 0.3) is 0 Å². The molecule has 2 rings (SSSR count). The van der Waals surface area contributed by atoms with Crippen molar-refractivity contribution in [1.29, 1.82) is 0 Å². The zero-order chi connectivity index (χ0) is 14.3. The minimum absolute atomic E-state index is 0.337. The number of anilines is 1. The Kier molecular flexibility index (Phi) is 3.20. The van der Waals surface area contributed by atoms with Gasteiger partial charge >= 0.3 is 6.09 Å². The van der Waals surface area contributed by atoms with E-state index in [4.69, 9.17) is 9.47 Å². The van der Waals surface area contributed by atoms with Crippen LogP contribution in [0.3, 0.4) is 0 Å². The molecule has 0 fully saturated rings. The quantitative estimate of drug-likeness (QED) is 0.718. The SMILES string of the molecule is CC(C)(C)OC(=O)N1CC(C)(C)Oc2ccccc21. The van der Waals surface area contributed by atoms with E-state index in [0.29, 0.717) is 12.3 Å². The monoisotopic (exact) mass is 263 g/mol. The lowest BCUT2D eigenvalue weighted by Gasteiger charge is -2.39. The number of nitrogens with zero attached hydrogens (tertiary/aromatic N) is 1. The average Bonchev–Trinajstić information content (AvgIpc) is 2.24. The van der Waals surface area contributed by atoms with Gasteiger partial charge in [-0.1, -0.05) is 12.1 Å². The second-order valence-electron chi connectivity index (χ2n) is 6.40. The molecule has 4 nitrogen and oxygen atoms in total. The van der Waals surface area contributed by atoms with Gasteiger partial charge < -0.3 is 9.47 Å². The summed E-state index contributed by atoms with van der Waals surface area (Å²) in [4.78, 5) is 14.0. The molecule has 1 aromatic carbocycles. The maximum Gasteiger partial charge on any atom is 0.415 e. The van der Waals surface area contributed by atoms with Crippen molar-refractivity contribution in [2.45, 2.75) is 45.8 Å². The highest BCUT2D eigenvalue weighted by molar-refractivity contribution is 5.90. The van der Waals surface area contributed by atoms with E-state index in [-0.39, 0.29) is 6.09 Å². The summed E-state index contributed by atoms with van der Waals surface area (Å²) in [5, 5.41) is 0. The first-order valence-electron chi connectivity index (χ1n) is 6.46. The van der Waals surface area contributed by atoms with Crippen molar-refractivity contribution in [3.63, 3.8) is 0 Å². The molecule has 0 aromatic heterocycles. The van der Waals surface area contributed by atoms with Gasteiger partial charge in [-0.15, -0.1) is 0 Å². The van der Waals surface area contributed by atoms with Crippen molar-refractivity contribution in [2.75, 3.05) is 11.4 Å². The van der Waals surface area contributed by atoms with Crippen LogP contribution < -0.4 is 9.64 Å². The van der Waals surface area contributed by atoms with Crippen molar-refractivity contribution in [3.8, 4) is 5.75 Å². The number of carbonyl (C=O) groups is 1. The number of rotatable bonds is 0. The summed E-state index contributed by atoms with van der Waals surface area (Å²) in [6.07, 6.45) is -0.337. The second-order valence-corrected chi connectivity index (χ2v) is 6.40. The number of amides is 1. The van der Waals surface area contributed by atoms with Crippen LogP contribution in [0.25, 0.3) is 0 Å². The standard InChI is InChI=1S/C15H21NO3/c1-14(2,3)19-13(17)16-10-15(4,5)18-12-9-7-6-8-11(12)16/h6-9H,10H2,1-5H3. The predicted octanol–water partition coefficient (Wildman–Crippen LogP) is 3.60. The first-order chi connectivity index (χ1) is 8.68. The summed E-state index contributed by atoms with van der Waals surface area (Å²) >= 11 is 0. The fraction of sp³-hybridized carbons (Fsp3) is 0.533. The molecule has 1 amide bonds. The van der Waals surface area contributed by atoms with Gasteiger partial charge in [-0.2, -0.15) is 0 Å². The number of ether oxygens (including phenoxy) is 2. The molecular weight excluding hydrogens is 242 g/mol. The van der Waals surface area contributed by atoms with Gasteiger partial charge in [0.05, 0.1) is 12.2 Å². The van der Waals surface area contributed by atoms with Crippen molar-refractivity contribution >= 4 is 11.8 Å². The molecular formula is C15H21NO3. The van der Waals surface area contributed by atoms with Crippen LogP contribution in [0.5, 0.6) is 5.75 Å². The zero-order valence-corrected chi connectivity index (χ0v) is 12.2. The molecule has 1 aliphatic heterocycles. The molecule has 0 saturated carbocycles. The van der Waals surface area contributed by atoms with Crippen LogP contribution in [-0.4, -0.2) is 23.8 Å². The van der Waals surface area contributed by atoms with Crippen LogP contribution in [0.2, 0.25) is 0 Å². The molecule has 0 atom stereocenters. The average molecular weight is 263 g/mol. The maximum absolute atomic E-state index is 12.3. The molecule has 1 aliphatic rings. The van der Waals surface area contributed by atoms with E-state index in [1.54, 1.807) is 4.90 Å². The van der Waals surface area contributed by atoms with Crippen LogP contribution in [0.1, 0.15) is 34.6 Å². The Morgan fingerprint density at radius 1 is 1.32 bits per heavy atom. The lowest BCUT2D eigenvalue weighted by Crippen LogP contribution is -2.50. The first-order valence-corrected chi connectivity index (χ1v) is 6.46. The molecule has 1 aromatic rings. The van der Waals surface area contributed by atoms with Gasteiger partial charge in [0.2, 0.25) is 0 Å². The normalized spacial score (nSPS) is 17.4. The largest absolute Gasteiger partial charge is 0.484 e. The van der Waals surface area contributed by atoms with Gasteiger partial charge in [0, 0.05) is 0 Å². The molecule has 4 heteroatoms. The summed E-state index contributed by atoms with van der Waals surface area (Å²) in [6.45, 7) is 9.98. The van der Waals surface area contributed by atoms with E-state index in [9.17, 15) is 4.79 Å². The van der Waals surface area contributed by atoms with Crippen LogP contribution in [0.4, 0.5) is 10.5 Å². The number of benzene rings is 1. The van der Waals surface area contributed by atoms with Crippen LogP contribution >= 0.6 is 0 Å². The smallest absolute Gasteiger partial charge is 0.415 e. The van der Waals surface area contributed by atoms with E-state index in [1.165, 1.54) is 0 Å². The van der Waals surface area contributed by atoms with Gasteiger partial charge in [-0.25, -0.2) is 4.79 Å². The highest BCUT2D eigenvalue weighted by Gasteiger charge is 2.36. The van der Waals surface area contributed by atoms with Crippen molar-refractivity contribution in [2.24, 2.45) is 0 Å². The van der Waals surface area contributed by atoms with Gasteiger partial charge in [-0.05, 0) is 46.8 Å². The fourth-order valence-corrected chi connectivity index (χ4v) is 2.04. The van der Waals surface area contributed by atoms with Crippen molar-refractivity contribution in [1.82, 2.24) is 0 Å². The Labute approximate surface area is 114 Å². The minimum atomic E-state index is -0.505. The first kappa shape index (κ1) is 13.7. The molecule has 0 aliphatic carbocycles. The molecule has 1 heterocycles. The molecule has 0 radical (unpaired) electrons. The molecule has 0 saturated heterocycles. The van der Waals surface area contributed by atoms with E-state index in [2.05, 4.69) is 0 Å². The Morgan fingerprint density at radius 2 is 1.95 bits per heavy atom. The number of fused-ring (bicyclic) bond motifs is 1. The third kappa shape index (κ3) is 3.19. The Hall–Kier alpha value is -1.71. The van der Waals surface area contributed by atoms with E-state index >= 15 is 0 Å². The Balaban J connectivity index is 2.32. The fourth-order valence-electron chi connectivity index (χ4n) is 2.04. The zero-order valence-electron chi connectivity index (χ0n) is 12.2. The van der Waals surface area contributed by atoms with Crippen LogP contribution in [0.15, 0.2) is 24.3 Å². The third-order valence-electron chi connectivity index (χ3n) is 2.70. The lowest BCUT2D eigenvalue weighted by atomic mass is 10.1. The summed E-state index contributed by atoms with van der Waals surface area (Å²) in [5.41, 5.74) is -0.171. The van der Waals surface area contributed by atoms with E-state index < -0.39 is 11.2 Å². The third-order valence-corrected chi connectivity index (χ3v) is 2.70. The summed E-state index contributed by atoms with van der Waals surface area (Å²) in [7, 11) is 0. The Morgan fingerprint density at radius 3 is 2.58 bits per heavy atom. The number of carbonyl (C=O) groups excluding carboxylic acids is 1. The minimum Gasteiger partial charge on any atom is -0.484 e. The number of hydrogen-bond acceptors (Lipinski definition) is 3. The number of para-hydroxylation sites is 2. The van der Waals surface area contributed by atoms with Gasteiger partial charge in [-0.3, -0.25) is 4.90 Å². The highest BCUT2D eigenvalue weighted by Crippen LogP contribution is 2.37. The summed E-state index contributed by atoms with van der Waals surface area (Å²) in [5.74, 6) is 0.713. The predicted molar refractivity (Wildman–Crippen MR) is 74.7 cm³/mol. The van der Waals surface area contributed by atoms with Gasteiger partial charge in [0.1, 0.15) is 17.0 Å². The molecule has 0 bridgehead atoms. The highest BCUT2D eigenvalue weighted by atomic mass is 16.6. The van der Waals surface area contributed by atoms with E-state index in [0.717, 1.165) is 5.69 Å². The van der Waals surface area contributed by atoms with Crippen molar-refractivity contribution in [3.05, 3.63) is 24.3 Å². The van der Waals surface area contributed by atoms with Crippen LogP contribution in [0, 0.1) is 0 Å². The van der Waals surface area contributed by atoms with Crippen LogP contribution in [-0.2, 0) is 4.74 Å². The molecule has 104 valence electrons. The molecule has 0 spiro atoms.